The molecule has 0 radical (unpaired) electrons. The minimum atomic E-state index is 0.821. The summed E-state index contributed by atoms with van der Waals surface area (Å²) in [6.45, 7) is 4.52. The van der Waals surface area contributed by atoms with Crippen LogP contribution in [-0.4, -0.2) is 13.1 Å². The summed E-state index contributed by atoms with van der Waals surface area (Å²) in [5, 5.41) is 5.77. The zero-order valence-electron chi connectivity index (χ0n) is 10.2. The van der Waals surface area contributed by atoms with Gasteiger partial charge in [0.1, 0.15) is 0 Å². The van der Waals surface area contributed by atoms with E-state index in [0.717, 1.165) is 18.4 Å². The Bertz CT molecular complexity index is 281. The Morgan fingerprint density at radius 1 is 1.31 bits per heavy atom. The van der Waals surface area contributed by atoms with Gasteiger partial charge in [-0.15, -0.1) is 11.3 Å². The summed E-state index contributed by atoms with van der Waals surface area (Å²) >= 11 is 1.95. The van der Waals surface area contributed by atoms with Crippen molar-refractivity contribution in [3.8, 4) is 0 Å². The SMILES string of the molecule is CCNCC1CCCCCC1c1cccs1. The lowest BCUT2D eigenvalue weighted by Crippen LogP contribution is -2.26. The molecule has 1 fully saturated rings. The predicted molar refractivity (Wildman–Crippen MR) is 72.2 cm³/mol. The van der Waals surface area contributed by atoms with Gasteiger partial charge in [-0.2, -0.15) is 0 Å². The fourth-order valence-corrected chi connectivity index (χ4v) is 3.79. The Morgan fingerprint density at radius 3 is 2.94 bits per heavy atom. The second-order valence-electron chi connectivity index (χ2n) is 4.83. The summed E-state index contributed by atoms with van der Waals surface area (Å²) in [6, 6.07) is 4.54. The van der Waals surface area contributed by atoms with E-state index in [-0.39, 0.29) is 0 Å². The molecule has 1 aliphatic carbocycles. The molecule has 0 bridgehead atoms. The Balaban J connectivity index is 2.04. The predicted octanol–water partition coefficient (Wildman–Crippen LogP) is 4.02. The normalized spacial score (nSPS) is 26.6. The van der Waals surface area contributed by atoms with E-state index in [1.165, 1.54) is 38.6 Å². The van der Waals surface area contributed by atoms with Gasteiger partial charge in [0, 0.05) is 4.88 Å². The first-order valence-electron chi connectivity index (χ1n) is 6.66. The summed E-state index contributed by atoms with van der Waals surface area (Å²) < 4.78 is 0. The first kappa shape index (κ1) is 12.1. The lowest BCUT2D eigenvalue weighted by atomic mass is 9.86. The standard InChI is InChI=1S/C14H23NS/c1-2-15-11-12-7-4-3-5-8-13(12)14-9-6-10-16-14/h6,9-10,12-13,15H,2-5,7-8,11H2,1H3. The molecule has 0 spiro atoms. The largest absolute Gasteiger partial charge is 0.317 e. The molecule has 0 saturated heterocycles. The third-order valence-corrected chi connectivity index (χ3v) is 4.73. The molecule has 1 aliphatic rings. The van der Waals surface area contributed by atoms with Crippen LogP contribution in [0, 0.1) is 5.92 Å². The average Bonchev–Trinajstić information content (AvgIpc) is 2.73. The fraction of sp³-hybridized carbons (Fsp3) is 0.714. The van der Waals surface area contributed by atoms with Crippen LogP contribution in [-0.2, 0) is 0 Å². The second-order valence-corrected chi connectivity index (χ2v) is 5.81. The third-order valence-electron chi connectivity index (χ3n) is 3.72. The van der Waals surface area contributed by atoms with Gasteiger partial charge in [-0.05, 0) is 49.2 Å². The lowest BCUT2D eigenvalue weighted by Gasteiger charge is -2.24. The molecule has 1 nitrogen and oxygen atoms in total. The van der Waals surface area contributed by atoms with E-state index in [1.54, 1.807) is 4.88 Å². The molecule has 2 rings (SSSR count). The number of rotatable bonds is 4. The number of hydrogen-bond acceptors (Lipinski definition) is 2. The van der Waals surface area contributed by atoms with Crippen LogP contribution >= 0.6 is 11.3 Å². The van der Waals surface area contributed by atoms with E-state index in [1.807, 2.05) is 11.3 Å². The maximum Gasteiger partial charge on any atom is 0.00794 e. The van der Waals surface area contributed by atoms with Crippen LogP contribution in [0.4, 0.5) is 0 Å². The smallest absolute Gasteiger partial charge is 0.00794 e. The molecule has 1 heterocycles. The van der Waals surface area contributed by atoms with E-state index in [9.17, 15) is 0 Å². The van der Waals surface area contributed by atoms with Crippen molar-refractivity contribution in [3.63, 3.8) is 0 Å². The highest BCUT2D eigenvalue weighted by molar-refractivity contribution is 7.10. The van der Waals surface area contributed by atoms with Crippen molar-refractivity contribution in [1.82, 2.24) is 5.32 Å². The quantitative estimate of drug-likeness (QED) is 0.780. The number of thiophene rings is 1. The van der Waals surface area contributed by atoms with Gasteiger partial charge in [0.15, 0.2) is 0 Å². The highest BCUT2D eigenvalue weighted by atomic mass is 32.1. The van der Waals surface area contributed by atoms with Crippen LogP contribution in [0.15, 0.2) is 17.5 Å². The van der Waals surface area contributed by atoms with Gasteiger partial charge in [0.2, 0.25) is 0 Å². The van der Waals surface area contributed by atoms with E-state index < -0.39 is 0 Å². The molecule has 2 unspecified atom stereocenters. The molecule has 16 heavy (non-hydrogen) atoms. The zero-order chi connectivity index (χ0) is 11.2. The molecular formula is C14H23NS. The molecule has 0 aromatic carbocycles. The topological polar surface area (TPSA) is 12.0 Å². The van der Waals surface area contributed by atoms with Crippen molar-refractivity contribution >= 4 is 11.3 Å². The second kappa shape index (κ2) is 6.41. The molecule has 2 atom stereocenters. The van der Waals surface area contributed by atoms with Crippen LogP contribution in [0.2, 0.25) is 0 Å². The average molecular weight is 237 g/mol. The molecular weight excluding hydrogens is 214 g/mol. The van der Waals surface area contributed by atoms with Gasteiger partial charge in [0.25, 0.3) is 0 Å². The fourth-order valence-electron chi connectivity index (χ4n) is 2.84. The Morgan fingerprint density at radius 2 is 2.19 bits per heavy atom. The Hall–Kier alpha value is -0.340. The first-order valence-corrected chi connectivity index (χ1v) is 7.54. The van der Waals surface area contributed by atoms with Gasteiger partial charge in [-0.25, -0.2) is 0 Å². The Labute approximate surface area is 103 Å². The summed E-state index contributed by atoms with van der Waals surface area (Å²) in [4.78, 5) is 1.62. The van der Waals surface area contributed by atoms with Gasteiger partial charge < -0.3 is 5.32 Å². The number of hydrogen-bond donors (Lipinski definition) is 1. The van der Waals surface area contributed by atoms with Gasteiger partial charge in [-0.1, -0.05) is 32.3 Å². The Kier molecular flexibility index (Phi) is 4.86. The highest BCUT2D eigenvalue weighted by Crippen LogP contribution is 2.38. The van der Waals surface area contributed by atoms with E-state index in [2.05, 4.69) is 29.8 Å². The van der Waals surface area contributed by atoms with Gasteiger partial charge in [-0.3, -0.25) is 0 Å². The monoisotopic (exact) mass is 237 g/mol. The van der Waals surface area contributed by atoms with Crippen molar-refractivity contribution in [3.05, 3.63) is 22.4 Å². The maximum atomic E-state index is 3.54. The van der Waals surface area contributed by atoms with Crippen molar-refractivity contribution < 1.29 is 0 Å². The summed E-state index contributed by atoms with van der Waals surface area (Å²) in [5.41, 5.74) is 0. The van der Waals surface area contributed by atoms with Crippen LogP contribution in [0.1, 0.15) is 49.8 Å². The molecule has 1 N–H and O–H groups in total. The highest BCUT2D eigenvalue weighted by Gasteiger charge is 2.25. The minimum Gasteiger partial charge on any atom is -0.317 e. The minimum absolute atomic E-state index is 0.821. The van der Waals surface area contributed by atoms with E-state index in [0.29, 0.717) is 0 Å². The molecule has 1 aromatic heterocycles. The van der Waals surface area contributed by atoms with Crippen LogP contribution in [0.25, 0.3) is 0 Å². The van der Waals surface area contributed by atoms with Crippen LogP contribution in [0.5, 0.6) is 0 Å². The van der Waals surface area contributed by atoms with E-state index >= 15 is 0 Å². The maximum absolute atomic E-state index is 3.54. The van der Waals surface area contributed by atoms with Crippen LogP contribution in [0.3, 0.4) is 0 Å². The summed E-state index contributed by atoms with van der Waals surface area (Å²) in [6.07, 6.45) is 7.10. The zero-order valence-corrected chi connectivity index (χ0v) is 11.1. The summed E-state index contributed by atoms with van der Waals surface area (Å²) in [7, 11) is 0. The van der Waals surface area contributed by atoms with Crippen molar-refractivity contribution in [2.75, 3.05) is 13.1 Å². The summed E-state index contributed by atoms with van der Waals surface area (Å²) in [5.74, 6) is 1.68. The van der Waals surface area contributed by atoms with Crippen LogP contribution < -0.4 is 5.32 Å². The van der Waals surface area contributed by atoms with Gasteiger partial charge >= 0.3 is 0 Å². The van der Waals surface area contributed by atoms with E-state index in [4.69, 9.17) is 0 Å². The molecule has 0 aliphatic heterocycles. The molecule has 1 aromatic rings. The molecule has 0 amide bonds. The van der Waals surface area contributed by atoms with Crippen molar-refractivity contribution in [1.29, 1.82) is 0 Å². The molecule has 2 heteroatoms. The third kappa shape index (κ3) is 3.08. The van der Waals surface area contributed by atoms with Crippen molar-refractivity contribution in [2.45, 2.75) is 44.9 Å². The van der Waals surface area contributed by atoms with Crippen molar-refractivity contribution in [2.24, 2.45) is 5.92 Å². The lowest BCUT2D eigenvalue weighted by molar-refractivity contribution is 0.383. The molecule has 90 valence electrons. The number of nitrogens with one attached hydrogen (secondary N) is 1. The van der Waals surface area contributed by atoms with Gasteiger partial charge in [0.05, 0.1) is 0 Å². The first-order chi connectivity index (χ1) is 7.92. The molecule has 1 saturated carbocycles.